The molecule has 0 atom stereocenters. The minimum absolute atomic E-state index is 0.188. The standard InChI is InChI=1S/C26H27FN2O/c27-24-11-5-4-9-22(24)19-23-10-6-12-25(28-23)21-15-17-29(18-16-21)26(30)14-13-20-7-2-1-3-8-20/h1-12,21H,13-19H2. The van der Waals surface area contributed by atoms with E-state index in [9.17, 15) is 9.18 Å². The maximum absolute atomic E-state index is 14.0. The normalized spacial score (nSPS) is 14.6. The maximum atomic E-state index is 14.0. The van der Waals surface area contributed by atoms with Gasteiger partial charge in [-0.1, -0.05) is 54.6 Å². The summed E-state index contributed by atoms with van der Waals surface area (Å²) in [7, 11) is 0. The molecule has 30 heavy (non-hydrogen) atoms. The predicted molar refractivity (Wildman–Crippen MR) is 117 cm³/mol. The van der Waals surface area contributed by atoms with Crippen molar-refractivity contribution in [3.8, 4) is 0 Å². The van der Waals surface area contributed by atoms with E-state index in [1.807, 2.05) is 47.4 Å². The number of rotatable bonds is 6. The SMILES string of the molecule is O=C(CCc1ccccc1)N1CCC(c2cccc(Cc3ccccc3F)n2)CC1. The van der Waals surface area contributed by atoms with Crippen molar-refractivity contribution >= 4 is 5.91 Å². The van der Waals surface area contributed by atoms with E-state index in [1.165, 1.54) is 11.6 Å². The third kappa shape index (κ3) is 5.12. The van der Waals surface area contributed by atoms with Crippen LogP contribution in [-0.4, -0.2) is 28.9 Å². The molecular weight excluding hydrogens is 375 g/mol. The monoisotopic (exact) mass is 402 g/mol. The van der Waals surface area contributed by atoms with Crippen LogP contribution in [0.4, 0.5) is 4.39 Å². The van der Waals surface area contributed by atoms with Crippen LogP contribution >= 0.6 is 0 Å². The van der Waals surface area contributed by atoms with Gasteiger partial charge < -0.3 is 4.90 Å². The third-order valence-corrected chi connectivity index (χ3v) is 5.89. The number of likely N-dealkylation sites (tertiary alicyclic amines) is 1. The van der Waals surface area contributed by atoms with E-state index in [2.05, 4.69) is 18.2 Å². The zero-order valence-corrected chi connectivity index (χ0v) is 17.1. The molecule has 3 aromatic rings. The molecule has 2 aromatic carbocycles. The number of hydrogen-bond donors (Lipinski definition) is 0. The van der Waals surface area contributed by atoms with Gasteiger partial charge in [0.1, 0.15) is 5.82 Å². The summed E-state index contributed by atoms with van der Waals surface area (Å²) in [6.07, 6.45) is 3.70. The lowest BCUT2D eigenvalue weighted by atomic mass is 9.92. The van der Waals surface area contributed by atoms with Crippen molar-refractivity contribution in [1.29, 1.82) is 0 Å². The summed E-state index contributed by atoms with van der Waals surface area (Å²) in [6, 6.07) is 23.0. The Morgan fingerprint density at radius 1 is 0.933 bits per heavy atom. The summed E-state index contributed by atoms with van der Waals surface area (Å²) >= 11 is 0. The molecule has 1 amide bonds. The van der Waals surface area contributed by atoms with Crippen LogP contribution in [-0.2, 0) is 17.6 Å². The Kier molecular flexibility index (Phi) is 6.53. The Hall–Kier alpha value is -3.01. The molecule has 1 saturated heterocycles. The number of pyridine rings is 1. The van der Waals surface area contributed by atoms with Crippen molar-refractivity contribution in [3.63, 3.8) is 0 Å². The van der Waals surface area contributed by atoms with Crippen molar-refractivity contribution in [2.24, 2.45) is 0 Å². The molecule has 0 saturated carbocycles. The molecule has 1 aliphatic heterocycles. The van der Waals surface area contributed by atoms with E-state index in [0.717, 1.165) is 43.7 Å². The Morgan fingerprint density at radius 3 is 2.43 bits per heavy atom. The fraction of sp³-hybridized carbons (Fsp3) is 0.308. The molecule has 4 rings (SSSR count). The number of amides is 1. The van der Waals surface area contributed by atoms with E-state index in [4.69, 9.17) is 4.98 Å². The van der Waals surface area contributed by atoms with Crippen LogP contribution in [0, 0.1) is 5.82 Å². The number of piperidine rings is 1. The van der Waals surface area contributed by atoms with Gasteiger partial charge in [-0.3, -0.25) is 9.78 Å². The van der Waals surface area contributed by atoms with Gasteiger partial charge in [-0.25, -0.2) is 4.39 Å². The summed E-state index contributed by atoms with van der Waals surface area (Å²) in [6.45, 7) is 1.55. The van der Waals surface area contributed by atoms with Gasteiger partial charge >= 0.3 is 0 Å². The summed E-state index contributed by atoms with van der Waals surface area (Å²) < 4.78 is 14.0. The molecule has 0 aliphatic carbocycles. The largest absolute Gasteiger partial charge is 0.343 e. The van der Waals surface area contributed by atoms with Gasteiger partial charge in [0.15, 0.2) is 0 Å². The first-order valence-corrected chi connectivity index (χ1v) is 10.7. The number of aryl methyl sites for hydroxylation is 1. The molecule has 0 spiro atoms. The smallest absolute Gasteiger partial charge is 0.222 e. The zero-order valence-electron chi connectivity index (χ0n) is 17.1. The first kappa shape index (κ1) is 20.3. The highest BCUT2D eigenvalue weighted by Gasteiger charge is 2.24. The van der Waals surface area contributed by atoms with Crippen LogP contribution in [0.1, 0.15) is 47.7 Å². The Labute approximate surface area is 177 Å². The molecule has 2 heterocycles. The van der Waals surface area contributed by atoms with Crippen molar-refractivity contribution in [2.75, 3.05) is 13.1 Å². The number of carbonyl (C=O) groups is 1. The number of benzene rings is 2. The van der Waals surface area contributed by atoms with Crippen molar-refractivity contribution in [1.82, 2.24) is 9.88 Å². The second kappa shape index (κ2) is 9.66. The first-order chi connectivity index (χ1) is 14.7. The third-order valence-electron chi connectivity index (χ3n) is 5.89. The lowest BCUT2D eigenvalue weighted by molar-refractivity contribution is -0.132. The fourth-order valence-electron chi connectivity index (χ4n) is 4.14. The van der Waals surface area contributed by atoms with Crippen LogP contribution < -0.4 is 0 Å². The van der Waals surface area contributed by atoms with Gasteiger partial charge in [0.2, 0.25) is 5.91 Å². The maximum Gasteiger partial charge on any atom is 0.222 e. The van der Waals surface area contributed by atoms with Crippen LogP contribution in [0.25, 0.3) is 0 Å². The lowest BCUT2D eigenvalue weighted by Crippen LogP contribution is -2.38. The highest BCUT2D eigenvalue weighted by atomic mass is 19.1. The number of hydrogen-bond acceptors (Lipinski definition) is 2. The number of halogens is 1. The number of aromatic nitrogens is 1. The molecule has 0 bridgehead atoms. The summed E-state index contributed by atoms with van der Waals surface area (Å²) in [5.41, 5.74) is 3.82. The van der Waals surface area contributed by atoms with E-state index < -0.39 is 0 Å². The zero-order chi connectivity index (χ0) is 20.8. The summed E-state index contributed by atoms with van der Waals surface area (Å²) in [4.78, 5) is 19.4. The topological polar surface area (TPSA) is 33.2 Å². The van der Waals surface area contributed by atoms with Gasteiger partial charge in [0.05, 0.1) is 0 Å². The quantitative estimate of drug-likeness (QED) is 0.571. The highest BCUT2D eigenvalue weighted by molar-refractivity contribution is 5.76. The summed E-state index contributed by atoms with van der Waals surface area (Å²) in [5, 5.41) is 0. The molecule has 0 radical (unpaired) electrons. The van der Waals surface area contributed by atoms with Crippen LogP contribution in [0.2, 0.25) is 0 Å². The number of nitrogens with zero attached hydrogens (tertiary/aromatic N) is 2. The van der Waals surface area contributed by atoms with Crippen LogP contribution in [0.15, 0.2) is 72.8 Å². The van der Waals surface area contributed by atoms with E-state index in [0.29, 0.717) is 24.3 Å². The van der Waals surface area contributed by atoms with Gasteiger partial charge in [-0.2, -0.15) is 0 Å². The molecule has 1 aliphatic rings. The molecule has 1 aromatic heterocycles. The lowest BCUT2D eigenvalue weighted by Gasteiger charge is -2.32. The Morgan fingerprint density at radius 2 is 1.67 bits per heavy atom. The Bertz CT molecular complexity index is 981. The Balaban J connectivity index is 1.31. The van der Waals surface area contributed by atoms with Gasteiger partial charge in [-0.15, -0.1) is 0 Å². The van der Waals surface area contributed by atoms with Gasteiger partial charge in [0.25, 0.3) is 0 Å². The number of carbonyl (C=O) groups excluding carboxylic acids is 1. The fourth-order valence-corrected chi connectivity index (χ4v) is 4.14. The van der Waals surface area contributed by atoms with Crippen molar-refractivity contribution in [2.45, 2.75) is 38.0 Å². The average Bonchev–Trinajstić information content (AvgIpc) is 2.80. The van der Waals surface area contributed by atoms with Crippen molar-refractivity contribution < 1.29 is 9.18 Å². The van der Waals surface area contributed by atoms with Gasteiger partial charge in [-0.05, 0) is 48.6 Å². The average molecular weight is 403 g/mol. The van der Waals surface area contributed by atoms with E-state index >= 15 is 0 Å². The molecule has 0 N–H and O–H groups in total. The second-order valence-electron chi connectivity index (χ2n) is 7.96. The predicted octanol–water partition coefficient (Wildman–Crippen LogP) is 5.15. The van der Waals surface area contributed by atoms with Gasteiger partial charge in [0, 0.05) is 43.2 Å². The van der Waals surface area contributed by atoms with Crippen molar-refractivity contribution in [3.05, 3.63) is 101 Å². The molecule has 3 nitrogen and oxygen atoms in total. The summed E-state index contributed by atoms with van der Waals surface area (Å²) in [5.74, 6) is 0.398. The first-order valence-electron chi connectivity index (χ1n) is 10.7. The molecule has 154 valence electrons. The molecular formula is C26H27FN2O. The van der Waals surface area contributed by atoms with E-state index in [1.54, 1.807) is 6.07 Å². The molecule has 0 unspecified atom stereocenters. The minimum Gasteiger partial charge on any atom is -0.343 e. The second-order valence-corrected chi connectivity index (χ2v) is 7.96. The highest BCUT2D eigenvalue weighted by Crippen LogP contribution is 2.27. The van der Waals surface area contributed by atoms with Crippen LogP contribution in [0.3, 0.4) is 0 Å². The molecule has 1 fully saturated rings. The van der Waals surface area contributed by atoms with Crippen LogP contribution in [0.5, 0.6) is 0 Å². The minimum atomic E-state index is -0.188. The molecule has 4 heteroatoms. The van der Waals surface area contributed by atoms with E-state index in [-0.39, 0.29) is 11.7 Å².